The molecule has 0 radical (unpaired) electrons. The zero-order valence-corrected chi connectivity index (χ0v) is 9.81. The van der Waals surface area contributed by atoms with Gasteiger partial charge >= 0.3 is 5.97 Å². The van der Waals surface area contributed by atoms with Crippen molar-refractivity contribution in [3.63, 3.8) is 0 Å². The maximum Gasteiger partial charge on any atom is 0.303 e. The number of unbranched alkanes of at least 4 members (excludes halogenated alkanes) is 1. The number of aliphatic hydroxyl groups excluding tert-OH is 1. The van der Waals surface area contributed by atoms with E-state index in [0.29, 0.717) is 38.8 Å². The van der Waals surface area contributed by atoms with Gasteiger partial charge in [-0.1, -0.05) is 0 Å². The fourth-order valence-corrected chi connectivity index (χ4v) is 1.43. The highest BCUT2D eigenvalue weighted by Crippen LogP contribution is 2.04. The molecule has 0 bridgehead atoms. The summed E-state index contributed by atoms with van der Waals surface area (Å²) < 4.78 is 0. The lowest BCUT2D eigenvalue weighted by Crippen LogP contribution is -2.31. The fourth-order valence-electron chi connectivity index (χ4n) is 1.43. The van der Waals surface area contributed by atoms with Crippen LogP contribution in [0.3, 0.4) is 0 Å². The topological polar surface area (TPSA) is 77.8 Å². The van der Waals surface area contributed by atoms with E-state index in [1.54, 1.807) is 4.90 Å². The van der Waals surface area contributed by atoms with Crippen LogP contribution in [0, 0.1) is 0 Å². The number of carboxylic acids is 1. The zero-order valence-electron chi connectivity index (χ0n) is 9.81. The van der Waals surface area contributed by atoms with E-state index in [4.69, 9.17) is 10.2 Å². The zero-order chi connectivity index (χ0) is 12.4. The minimum atomic E-state index is -0.819. The van der Waals surface area contributed by atoms with Crippen molar-refractivity contribution in [1.29, 1.82) is 0 Å². The summed E-state index contributed by atoms with van der Waals surface area (Å²) in [5.74, 6) is -0.776. The Labute approximate surface area is 96.1 Å². The molecule has 0 aromatic heterocycles. The number of carbonyl (C=O) groups excluding carboxylic acids is 1. The van der Waals surface area contributed by atoms with Crippen LogP contribution >= 0.6 is 0 Å². The van der Waals surface area contributed by atoms with Gasteiger partial charge in [-0.3, -0.25) is 9.59 Å². The number of nitrogens with zero attached hydrogens (tertiary/aromatic N) is 1. The number of rotatable bonds is 9. The predicted molar refractivity (Wildman–Crippen MR) is 60.1 cm³/mol. The molecule has 0 saturated heterocycles. The summed E-state index contributed by atoms with van der Waals surface area (Å²) in [6, 6.07) is 0. The van der Waals surface area contributed by atoms with Crippen molar-refractivity contribution in [1.82, 2.24) is 4.90 Å². The molecule has 0 aromatic carbocycles. The van der Waals surface area contributed by atoms with Gasteiger partial charge in [0.05, 0.1) is 0 Å². The minimum Gasteiger partial charge on any atom is -0.481 e. The molecule has 0 rings (SSSR count). The number of aliphatic carboxylic acids is 1. The van der Waals surface area contributed by atoms with Crippen molar-refractivity contribution < 1.29 is 19.8 Å². The monoisotopic (exact) mass is 231 g/mol. The molecule has 0 fully saturated rings. The normalized spacial score (nSPS) is 10.1. The van der Waals surface area contributed by atoms with Crippen molar-refractivity contribution in [3.8, 4) is 0 Å². The summed E-state index contributed by atoms with van der Waals surface area (Å²) in [5.41, 5.74) is 0. The Kier molecular flexibility index (Phi) is 8.52. The first-order valence-corrected chi connectivity index (χ1v) is 5.72. The lowest BCUT2D eigenvalue weighted by Gasteiger charge is -2.20. The van der Waals surface area contributed by atoms with Crippen molar-refractivity contribution >= 4 is 11.9 Å². The molecule has 0 saturated carbocycles. The van der Waals surface area contributed by atoms with Crippen LogP contribution in [0.5, 0.6) is 0 Å². The van der Waals surface area contributed by atoms with Crippen molar-refractivity contribution in [2.45, 2.75) is 39.0 Å². The molecule has 16 heavy (non-hydrogen) atoms. The van der Waals surface area contributed by atoms with Gasteiger partial charge in [-0.05, 0) is 26.2 Å². The molecule has 0 spiro atoms. The third kappa shape index (κ3) is 7.23. The van der Waals surface area contributed by atoms with Crippen LogP contribution in [0.1, 0.15) is 39.0 Å². The van der Waals surface area contributed by atoms with Gasteiger partial charge in [0.25, 0.3) is 0 Å². The number of hydrogen-bond donors (Lipinski definition) is 2. The molecule has 0 atom stereocenters. The maximum absolute atomic E-state index is 11.6. The van der Waals surface area contributed by atoms with Gasteiger partial charge in [-0.2, -0.15) is 0 Å². The standard InChI is InChI=1S/C11H21NO4/c1-2-12(8-5-9-13)10(14)6-3-4-7-11(15)16/h13H,2-9H2,1H3,(H,15,16). The highest BCUT2D eigenvalue weighted by atomic mass is 16.4. The van der Waals surface area contributed by atoms with E-state index >= 15 is 0 Å². The Morgan fingerprint density at radius 3 is 2.25 bits per heavy atom. The maximum atomic E-state index is 11.6. The van der Waals surface area contributed by atoms with Crippen molar-refractivity contribution in [2.75, 3.05) is 19.7 Å². The van der Waals surface area contributed by atoms with Crippen LogP contribution < -0.4 is 0 Å². The average molecular weight is 231 g/mol. The Morgan fingerprint density at radius 1 is 1.12 bits per heavy atom. The summed E-state index contributed by atoms with van der Waals surface area (Å²) >= 11 is 0. The summed E-state index contributed by atoms with van der Waals surface area (Å²) in [6.45, 7) is 3.19. The number of aliphatic hydroxyl groups is 1. The van der Waals surface area contributed by atoms with E-state index in [1.807, 2.05) is 6.92 Å². The number of hydrogen-bond acceptors (Lipinski definition) is 3. The second-order valence-electron chi connectivity index (χ2n) is 3.65. The minimum absolute atomic E-state index is 0.0429. The second-order valence-corrected chi connectivity index (χ2v) is 3.65. The molecule has 2 N–H and O–H groups in total. The predicted octanol–water partition coefficient (Wildman–Crippen LogP) is 0.862. The molecule has 94 valence electrons. The van der Waals surface area contributed by atoms with Crippen molar-refractivity contribution in [2.24, 2.45) is 0 Å². The van der Waals surface area contributed by atoms with Gasteiger partial charge in [0.15, 0.2) is 0 Å². The molecule has 0 aliphatic heterocycles. The van der Waals surface area contributed by atoms with E-state index < -0.39 is 5.97 Å². The van der Waals surface area contributed by atoms with Gasteiger partial charge in [-0.25, -0.2) is 0 Å². The highest BCUT2D eigenvalue weighted by Gasteiger charge is 2.10. The fraction of sp³-hybridized carbons (Fsp3) is 0.818. The van der Waals surface area contributed by atoms with Crippen LogP contribution in [0.25, 0.3) is 0 Å². The van der Waals surface area contributed by atoms with E-state index in [0.717, 1.165) is 0 Å². The SMILES string of the molecule is CCN(CCCO)C(=O)CCCCC(=O)O. The lowest BCUT2D eigenvalue weighted by molar-refractivity contribution is -0.137. The Bertz CT molecular complexity index is 218. The Balaban J connectivity index is 3.70. The molecular formula is C11H21NO4. The summed E-state index contributed by atoms with van der Waals surface area (Å²) in [5, 5.41) is 17.1. The van der Waals surface area contributed by atoms with Gasteiger partial charge in [-0.15, -0.1) is 0 Å². The number of carbonyl (C=O) groups is 2. The van der Waals surface area contributed by atoms with Crippen molar-refractivity contribution in [3.05, 3.63) is 0 Å². The molecule has 0 heterocycles. The molecule has 0 aromatic rings. The molecular weight excluding hydrogens is 210 g/mol. The molecule has 1 amide bonds. The van der Waals surface area contributed by atoms with E-state index in [2.05, 4.69) is 0 Å². The quantitative estimate of drug-likeness (QED) is 0.577. The van der Waals surface area contributed by atoms with Crippen LogP contribution in [-0.2, 0) is 9.59 Å². The first kappa shape index (κ1) is 14.9. The first-order chi connectivity index (χ1) is 7.61. The van der Waals surface area contributed by atoms with E-state index in [-0.39, 0.29) is 18.9 Å². The Morgan fingerprint density at radius 2 is 1.75 bits per heavy atom. The summed E-state index contributed by atoms with van der Waals surface area (Å²) in [6.07, 6.45) is 2.26. The third-order valence-corrected chi connectivity index (χ3v) is 2.35. The molecule has 0 aliphatic carbocycles. The lowest BCUT2D eigenvalue weighted by atomic mass is 10.2. The number of carboxylic acid groups (broad SMARTS) is 1. The third-order valence-electron chi connectivity index (χ3n) is 2.35. The molecule has 0 unspecified atom stereocenters. The average Bonchev–Trinajstić information content (AvgIpc) is 2.25. The summed E-state index contributed by atoms with van der Waals surface area (Å²) in [4.78, 5) is 23.6. The molecule has 5 nitrogen and oxygen atoms in total. The smallest absolute Gasteiger partial charge is 0.303 e. The first-order valence-electron chi connectivity index (χ1n) is 5.72. The molecule has 0 aliphatic rings. The Hall–Kier alpha value is -1.10. The van der Waals surface area contributed by atoms with Crippen LogP contribution in [0.4, 0.5) is 0 Å². The highest BCUT2D eigenvalue weighted by molar-refractivity contribution is 5.76. The van der Waals surface area contributed by atoms with Gasteiger partial charge in [0.1, 0.15) is 0 Å². The van der Waals surface area contributed by atoms with Crippen LogP contribution in [0.15, 0.2) is 0 Å². The van der Waals surface area contributed by atoms with Gasteiger partial charge in [0.2, 0.25) is 5.91 Å². The second kappa shape index (κ2) is 9.15. The van der Waals surface area contributed by atoms with E-state index in [1.165, 1.54) is 0 Å². The number of amides is 1. The van der Waals surface area contributed by atoms with Crippen LogP contribution in [-0.4, -0.2) is 46.7 Å². The van der Waals surface area contributed by atoms with Gasteiger partial charge in [0, 0.05) is 32.5 Å². The summed E-state index contributed by atoms with van der Waals surface area (Å²) in [7, 11) is 0. The van der Waals surface area contributed by atoms with Crippen LogP contribution in [0.2, 0.25) is 0 Å². The van der Waals surface area contributed by atoms with E-state index in [9.17, 15) is 9.59 Å². The largest absolute Gasteiger partial charge is 0.481 e. The molecule has 5 heteroatoms. The van der Waals surface area contributed by atoms with Gasteiger partial charge < -0.3 is 15.1 Å².